The third kappa shape index (κ3) is 4.68. The van der Waals surface area contributed by atoms with Gasteiger partial charge in [0.25, 0.3) is 0 Å². The third-order valence-corrected chi connectivity index (χ3v) is 5.77. The van der Waals surface area contributed by atoms with Gasteiger partial charge in [-0.2, -0.15) is 5.10 Å². The quantitative estimate of drug-likeness (QED) is 0.420. The highest BCUT2D eigenvalue weighted by Crippen LogP contribution is 2.34. The van der Waals surface area contributed by atoms with E-state index in [2.05, 4.69) is 30.6 Å². The van der Waals surface area contributed by atoms with Crippen molar-refractivity contribution in [3.05, 3.63) is 66.2 Å². The van der Waals surface area contributed by atoms with Gasteiger partial charge in [0.15, 0.2) is 5.82 Å². The van der Waals surface area contributed by atoms with Crippen LogP contribution in [0.5, 0.6) is 0 Å². The number of morpholine rings is 1. The maximum absolute atomic E-state index is 12.4. The maximum atomic E-state index is 12.4. The second-order valence-electron chi connectivity index (χ2n) is 8.23. The predicted molar refractivity (Wildman–Crippen MR) is 131 cm³/mol. The number of carbonyl (C=O) groups is 1. The summed E-state index contributed by atoms with van der Waals surface area (Å²) in [6.45, 7) is 5.91. The summed E-state index contributed by atoms with van der Waals surface area (Å²) in [5.41, 5.74) is 11.8. The maximum Gasteiger partial charge on any atom is 0.324 e. The van der Waals surface area contributed by atoms with E-state index in [1.165, 1.54) is 6.33 Å². The molecule has 1 aliphatic heterocycles. The number of hydrogen-bond acceptors (Lipinski definition) is 7. The van der Waals surface area contributed by atoms with Crippen LogP contribution < -0.4 is 16.4 Å². The molecule has 0 spiro atoms. The molecule has 0 radical (unpaired) electrons. The van der Waals surface area contributed by atoms with Gasteiger partial charge in [-0.15, -0.1) is 0 Å². The number of amides is 2. The van der Waals surface area contributed by atoms with E-state index in [1.54, 1.807) is 10.7 Å². The summed E-state index contributed by atoms with van der Waals surface area (Å²) in [4.78, 5) is 23.1. The lowest BCUT2D eigenvalue weighted by molar-refractivity contribution is 0.0342. The van der Waals surface area contributed by atoms with Gasteiger partial charge in [-0.05, 0) is 47.9 Å². The van der Waals surface area contributed by atoms with Gasteiger partial charge in [-0.25, -0.2) is 19.3 Å². The highest BCUT2D eigenvalue weighted by Gasteiger charge is 2.20. The van der Waals surface area contributed by atoms with E-state index < -0.39 is 0 Å². The molecule has 1 aliphatic rings. The van der Waals surface area contributed by atoms with Gasteiger partial charge < -0.3 is 15.8 Å². The van der Waals surface area contributed by atoms with Gasteiger partial charge in [-0.1, -0.05) is 12.1 Å². The highest BCUT2D eigenvalue weighted by molar-refractivity contribution is 5.99. The van der Waals surface area contributed by atoms with Crippen LogP contribution in [0.1, 0.15) is 11.1 Å². The molecule has 4 heterocycles. The number of aryl methyl sites for hydroxylation is 1. The number of fused-ring (bicyclic) bond motifs is 1. The van der Waals surface area contributed by atoms with E-state index >= 15 is 0 Å². The zero-order chi connectivity index (χ0) is 23.5. The Morgan fingerprint density at radius 2 is 1.91 bits per heavy atom. The summed E-state index contributed by atoms with van der Waals surface area (Å²) in [6, 6.07) is 11.0. The molecule has 10 heteroatoms. The number of carbonyl (C=O) groups excluding carboxylic acids is 1. The van der Waals surface area contributed by atoms with E-state index in [0.717, 1.165) is 60.6 Å². The van der Waals surface area contributed by atoms with Crippen molar-refractivity contribution in [1.29, 1.82) is 0 Å². The smallest absolute Gasteiger partial charge is 0.324 e. The zero-order valence-electron chi connectivity index (χ0n) is 18.9. The number of rotatable bonds is 5. The fraction of sp³-hybridized carbons (Fsp3) is 0.250. The Bertz CT molecular complexity index is 1310. The van der Waals surface area contributed by atoms with Gasteiger partial charge in [0.05, 0.1) is 13.2 Å². The Morgan fingerprint density at radius 1 is 1.12 bits per heavy atom. The second kappa shape index (κ2) is 9.46. The number of benzene rings is 1. The molecule has 4 aromatic rings. The molecule has 0 atom stereocenters. The Balaban J connectivity index is 1.39. The fourth-order valence-corrected chi connectivity index (χ4v) is 4.13. The normalized spacial score (nSPS) is 14.3. The number of nitrogen functional groups attached to an aromatic ring is 1. The first-order valence-corrected chi connectivity index (χ1v) is 11.1. The summed E-state index contributed by atoms with van der Waals surface area (Å²) in [6.07, 6.45) is 5.12. The Morgan fingerprint density at radius 3 is 2.68 bits per heavy atom. The Labute approximate surface area is 196 Å². The average Bonchev–Trinajstić information content (AvgIpc) is 3.19. The van der Waals surface area contributed by atoms with Crippen LogP contribution in [0.25, 0.3) is 16.6 Å². The van der Waals surface area contributed by atoms with Crippen molar-refractivity contribution in [3.63, 3.8) is 0 Å². The van der Waals surface area contributed by atoms with Gasteiger partial charge in [0, 0.05) is 43.3 Å². The standard InChI is InChI=1S/C24H26N8O2/c1-16-6-7-26-20(12-16)30-24(33)29-19-4-2-17(3-5-19)21-18(13-31-8-10-34-11-9-31)14-32-22(21)23(25)27-15-28-32/h2-7,12,14-15H,8-11,13H2,1H3,(H2,25,27,28)(H2,26,29,30,33). The molecule has 3 aromatic heterocycles. The number of hydrogen-bond donors (Lipinski definition) is 3. The van der Waals surface area contributed by atoms with E-state index in [4.69, 9.17) is 10.5 Å². The van der Waals surface area contributed by atoms with Crippen LogP contribution in [0.4, 0.5) is 22.1 Å². The van der Waals surface area contributed by atoms with Crippen LogP contribution >= 0.6 is 0 Å². The molecule has 0 unspecified atom stereocenters. The molecule has 174 valence electrons. The molecular formula is C24H26N8O2. The fourth-order valence-electron chi connectivity index (χ4n) is 4.13. The summed E-state index contributed by atoms with van der Waals surface area (Å²) in [7, 11) is 0. The van der Waals surface area contributed by atoms with Gasteiger partial charge in [-0.3, -0.25) is 10.2 Å². The number of anilines is 3. The van der Waals surface area contributed by atoms with Crippen LogP contribution in [-0.4, -0.2) is 56.8 Å². The number of aromatic nitrogens is 4. The Hall–Kier alpha value is -4.02. The predicted octanol–water partition coefficient (Wildman–Crippen LogP) is 3.16. The first-order valence-electron chi connectivity index (χ1n) is 11.1. The highest BCUT2D eigenvalue weighted by atomic mass is 16.5. The van der Waals surface area contributed by atoms with Crippen LogP contribution in [0.2, 0.25) is 0 Å². The number of nitrogens with two attached hydrogens (primary N) is 1. The van der Waals surface area contributed by atoms with Crippen LogP contribution in [0.3, 0.4) is 0 Å². The topological polar surface area (TPSA) is 123 Å². The van der Waals surface area contributed by atoms with Crippen molar-refractivity contribution in [2.75, 3.05) is 42.7 Å². The largest absolute Gasteiger partial charge is 0.382 e. The molecule has 5 rings (SSSR count). The van der Waals surface area contributed by atoms with E-state index in [-0.39, 0.29) is 6.03 Å². The molecule has 34 heavy (non-hydrogen) atoms. The second-order valence-corrected chi connectivity index (χ2v) is 8.23. The zero-order valence-corrected chi connectivity index (χ0v) is 18.9. The van der Waals surface area contributed by atoms with Crippen molar-refractivity contribution >= 4 is 28.9 Å². The first-order chi connectivity index (χ1) is 16.6. The minimum absolute atomic E-state index is 0.356. The van der Waals surface area contributed by atoms with E-state index in [0.29, 0.717) is 17.3 Å². The average molecular weight is 459 g/mol. The molecule has 0 saturated carbocycles. The summed E-state index contributed by atoms with van der Waals surface area (Å²) < 4.78 is 7.27. The number of ether oxygens (including phenoxy) is 1. The summed E-state index contributed by atoms with van der Waals surface area (Å²) in [5, 5.41) is 9.95. The molecule has 0 aliphatic carbocycles. The van der Waals surface area contributed by atoms with Crippen molar-refractivity contribution < 1.29 is 9.53 Å². The van der Waals surface area contributed by atoms with Crippen LogP contribution in [0.15, 0.2) is 55.1 Å². The minimum Gasteiger partial charge on any atom is -0.382 e. The monoisotopic (exact) mass is 458 g/mol. The lowest BCUT2D eigenvalue weighted by atomic mass is 10.0. The number of nitrogens with zero attached hydrogens (tertiary/aromatic N) is 5. The number of urea groups is 1. The van der Waals surface area contributed by atoms with Crippen molar-refractivity contribution in [2.24, 2.45) is 0 Å². The lowest BCUT2D eigenvalue weighted by Gasteiger charge is -2.26. The molecular weight excluding hydrogens is 432 g/mol. The van der Waals surface area contributed by atoms with Gasteiger partial charge in [0.1, 0.15) is 17.7 Å². The van der Waals surface area contributed by atoms with Gasteiger partial charge in [0.2, 0.25) is 0 Å². The van der Waals surface area contributed by atoms with Crippen molar-refractivity contribution in [1.82, 2.24) is 24.5 Å². The van der Waals surface area contributed by atoms with E-state index in [9.17, 15) is 4.79 Å². The molecule has 1 saturated heterocycles. The number of pyridine rings is 1. The SMILES string of the molecule is Cc1ccnc(NC(=O)Nc2ccc(-c3c(CN4CCOCC4)cn4ncnc(N)c34)cc2)c1. The summed E-state index contributed by atoms with van der Waals surface area (Å²) in [5.74, 6) is 0.920. The lowest BCUT2D eigenvalue weighted by Crippen LogP contribution is -2.35. The van der Waals surface area contributed by atoms with Crippen LogP contribution in [-0.2, 0) is 11.3 Å². The molecule has 4 N–H and O–H groups in total. The number of nitrogens with one attached hydrogen (secondary N) is 2. The summed E-state index contributed by atoms with van der Waals surface area (Å²) >= 11 is 0. The third-order valence-electron chi connectivity index (χ3n) is 5.77. The molecule has 2 amide bonds. The minimum atomic E-state index is -0.356. The molecule has 1 fully saturated rings. The molecule has 10 nitrogen and oxygen atoms in total. The van der Waals surface area contributed by atoms with Crippen molar-refractivity contribution in [2.45, 2.75) is 13.5 Å². The van der Waals surface area contributed by atoms with Crippen molar-refractivity contribution in [3.8, 4) is 11.1 Å². The Kier molecular flexibility index (Phi) is 6.07. The molecule has 1 aromatic carbocycles. The molecule has 0 bridgehead atoms. The van der Waals surface area contributed by atoms with Gasteiger partial charge >= 0.3 is 6.03 Å². The first kappa shape index (κ1) is 21.8. The van der Waals surface area contributed by atoms with E-state index in [1.807, 2.05) is 49.5 Å². The van der Waals surface area contributed by atoms with Crippen LogP contribution in [0, 0.1) is 6.92 Å².